The summed E-state index contributed by atoms with van der Waals surface area (Å²) in [6.45, 7) is 0.0687. The number of alkyl halides is 2. The Morgan fingerprint density at radius 2 is 1.38 bits per heavy atom. The molecule has 0 unspecified atom stereocenters. The minimum absolute atomic E-state index is 0.0430. The Morgan fingerprint density at radius 3 is 1.95 bits per heavy atom. The largest absolute Gasteiger partial charge is 0.480 e. The Kier molecular flexibility index (Phi) is 16.4. The SMILES string of the molecule is N#C[C@@H]1CC(F)(F)CN1C(=O)CNC(=O)c1ccnc2ccc(NC(=O)CCC(=O)N3CCN(C(=O)CC[C@H](C(=O)O)N4CCN(CC(=O)O)CCN(CC(=O)O)CC4)CC3)cc12. The second-order valence-corrected chi connectivity index (χ2v) is 15.6. The van der Waals surface area contributed by atoms with Gasteiger partial charge in [-0.05, 0) is 30.7 Å². The maximum Gasteiger partial charge on any atom is 0.320 e. The first-order valence-corrected chi connectivity index (χ1v) is 20.4. The van der Waals surface area contributed by atoms with Crippen molar-refractivity contribution in [2.24, 2.45) is 0 Å². The number of carboxylic acid groups (broad SMARTS) is 3. The molecule has 2 aromatic rings. The van der Waals surface area contributed by atoms with Crippen LogP contribution in [0.5, 0.6) is 0 Å². The first kappa shape index (κ1) is 47.7. The van der Waals surface area contributed by atoms with E-state index in [0.717, 1.165) is 4.90 Å². The van der Waals surface area contributed by atoms with E-state index in [9.17, 15) is 67.7 Å². The fourth-order valence-corrected chi connectivity index (χ4v) is 7.83. The fourth-order valence-electron chi connectivity index (χ4n) is 7.83. The molecule has 2 atom stereocenters. The predicted molar refractivity (Wildman–Crippen MR) is 216 cm³/mol. The second-order valence-electron chi connectivity index (χ2n) is 15.6. The molecule has 3 aliphatic heterocycles. The number of benzene rings is 1. The monoisotopic (exact) mass is 884 g/mol. The molecule has 4 heterocycles. The zero-order chi connectivity index (χ0) is 45.8. The van der Waals surface area contributed by atoms with Crippen LogP contribution in [0.2, 0.25) is 0 Å². The lowest BCUT2D eigenvalue weighted by atomic mass is 10.1. The molecule has 0 radical (unpaired) electrons. The number of piperazine rings is 1. The normalized spacial score (nSPS) is 19.3. The topological polar surface area (TPSA) is 277 Å². The first-order valence-electron chi connectivity index (χ1n) is 20.4. The van der Waals surface area contributed by atoms with Crippen molar-refractivity contribution < 1.29 is 62.5 Å². The summed E-state index contributed by atoms with van der Waals surface area (Å²) in [7, 11) is 0. The van der Waals surface area contributed by atoms with Crippen molar-refractivity contribution in [1.82, 2.24) is 39.7 Å². The van der Waals surface area contributed by atoms with E-state index in [-0.39, 0.29) is 127 Å². The number of carboxylic acids is 3. The van der Waals surface area contributed by atoms with Gasteiger partial charge in [-0.3, -0.25) is 58.0 Å². The van der Waals surface area contributed by atoms with Gasteiger partial charge in [0.1, 0.15) is 12.1 Å². The van der Waals surface area contributed by atoms with E-state index in [1.165, 1.54) is 28.1 Å². The van der Waals surface area contributed by atoms with Crippen LogP contribution < -0.4 is 10.6 Å². The fraction of sp³-hybridized carbons (Fsp3) is 0.550. The molecule has 3 saturated heterocycles. The number of likely N-dealkylation sites (tertiary alicyclic amines) is 1. The first-order chi connectivity index (χ1) is 29.9. The summed E-state index contributed by atoms with van der Waals surface area (Å²) >= 11 is 0. The Bertz CT molecular complexity index is 2080. The van der Waals surface area contributed by atoms with Gasteiger partial charge in [-0.1, -0.05) is 0 Å². The third-order valence-electron chi connectivity index (χ3n) is 11.2. The molecule has 0 spiro atoms. The summed E-state index contributed by atoms with van der Waals surface area (Å²) < 4.78 is 27.6. The number of carbonyl (C=O) groups excluding carboxylic acids is 5. The molecule has 5 N–H and O–H groups in total. The van der Waals surface area contributed by atoms with Crippen molar-refractivity contribution in [1.29, 1.82) is 5.26 Å². The molecule has 23 heteroatoms. The zero-order valence-corrected chi connectivity index (χ0v) is 34.4. The number of nitrogens with one attached hydrogen (secondary N) is 2. The van der Waals surface area contributed by atoms with Crippen LogP contribution in [-0.4, -0.2) is 207 Å². The number of halogens is 2. The average Bonchev–Trinajstić information content (AvgIpc) is 3.60. The molecular weight excluding hydrogens is 834 g/mol. The molecule has 0 saturated carbocycles. The maximum atomic E-state index is 13.8. The lowest BCUT2D eigenvalue weighted by Gasteiger charge is -2.35. The lowest BCUT2D eigenvalue weighted by Crippen LogP contribution is -2.51. The Labute approximate surface area is 360 Å². The molecule has 1 aromatic carbocycles. The van der Waals surface area contributed by atoms with Gasteiger partial charge in [-0.15, -0.1) is 0 Å². The highest BCUT2D eigenvalue weighted by atomic mass is 19.3. The average molecular weight is 885 g/mol. The molecular formula is C40H50F2N10O11. The summed E-state index contributed by atoms with van der Waals surface area (Å²) in [5.41, 5.74) is 0.751. The van der Waals surface area contributed by atoms with Gasteiger partial charge in [0, 0.05) is 108 Å². The van der Waals surface area contributed by atoms with Crippen LogP contribution in [0, 0.1) is 11.3 Å². The van der Waals surface area contributed by atoms with Crippen LogP contribution in [-0.2, 0) is 33.6 Å². The van der Waals surface area contributed by atoms with Crippen molar-refractivity contribution in [3.8, 4) is 6.07 Å². The standard InChI is InChI=1S/C40H50F2N10O11/c41-40(42)20-27(21-43)52(25-40)35(56)22-45-38(61)28-7-8-44-30-2-1-26(19-29(28)30)46-32(53)4-6-34(55)51-17-15-50(16-18-51)33(54)5-3-31(39(62)63)49-13-11-47(23-36(57)58)9-10-48(12-14-49)24-37(59)60/h1-2,7-8,19,27,31H,3-6,9-18,20,22-25H2,(H,45,61)(H,46,53)(H,57,58)(H,59,60)(H,62,63)/t27-,31+/m0/s1. The van der Waals surface area contributed by atoms with Crippen molar-refractivity contribution in [3.05, 3.63) is 36.0 Å². The van der Waals surface area contributed by atoms with Crippen molar-refractivity contribution in [2.45, 2.75) is 50.1 Å². The Morgan fingerprint density at radius 1 is 0.794 bits per heavy atom. The number of hydrogen-bond donors (Lipinski definition) is 5. The van der Waals surface area contributed by atoms with Gasteiger partial charge in [-0.25, -0.2) is 8.78 Å². The number of rotatable bonds is 16. The molecule has 3 fully saturated rings. The molecule has 5 amide bonds. The van der Waals surface area contributed by atoms with E-state index < -0.39 is 73.1 Å². The Balaban J connectivity index is 1.07. The second kappa shape index (κ2) is 21.6. The molecule has 63 heavy (non-hydrogen) atoms. The number of aliphatic carboxylic acids is 3. The van der Waals surface area contributed by atoms with Crippen LogP contribution in [0.25, 0.3) is 10.9 Å². The molecule has 5 rings (SSSR count). The smallest absolute Gasteiger partial charge is 0.320 e. The number of hydrogen-bond acceptors (Lipinski definition) is 13. The minimum Gasteiger partial charge on any atom is -0.480 e. The quantitative estimate of drug-likeness (QED) is 0.141. The summed E-state index contributed by atoms with van der Waals surface area (Å²) in [6, 6.07) is 5.25. The third-order valence-corrected chi connectivity index (χ3v) is 11.2. The summed E-state index contributed by atoms with van der Waals surface area (Å²) in [6.07, 6.45) is 0.0923. The van der Waals surface area contributed by atoms with E-state index in [4.69, 9.17) is 0 Å². The molecule has 340 valence electrons. The molecule has 1 aromatic heterocycles. The number of fused-ring (bicyclic) bond motifs is 1. The van der Waals surface area contributed by atoms with E-state index in [1.54, 1.807) is 32.9 Å². The van der Waals surface area contributed by atoms with Gasteiger partial charge in [-0.2, -0.15) is 5.26 Å². The molecule has 3 aliphatic rings. The lowest BCUT2D eigenvalue weighted by molar-refractivity contribution is -0.145. The van der Waals surface area contributed by atoms with E-state index in [1.807, 2.05) is 0 Å². The highest BCUT2D eigenvalue weighted by Crippen LogP contribution is 2.31. The highest BCUT2D eigenvalue weighted by Gasteiger charge is 2.47. The number of amides is 5. The maximum absolute atomic E-state index is 13.8. The van der Waals surface area contributed by atoms with E-state index in [2.05, 4.69) is 15.6 Å². The predicted octanol–water partition coefficient (Wildman–Crippen LogP) is -0.564. The number of pyridine rings is 1. The van der Waals surface area contributed by atoms with Gasteiger partial charge < -0.3 is 40.7 Å². The van der Waals surface area contributed by atoms with Crippen LogP contribution in [0.3, 0.4) is 0 Å². The van der Waals surface area contributed by atoms with Crippen LogP contribution in [0.1, 0.15) is 42.5 Å². The highest BCUT2D eigenvalue weighted by molar-refractivity contribution is 6.08. The van der Waals surface area contributed by atoms with Crippen LogP contribution in [0.15, 0.2) is 30.5 Å². The van der Waals surface area contributed by atoms with Crippen LogP contribution >= 0.6 is 0 Å². The van der Waals surface area contributed by atoms with Crippen molar-refractivity contribution >= 4 is 64.0 Å². The van der Waals surface area contributed by atoms with Gasteiger partial charge in [0.25, 0.3) is 11.8 Å². The van der Waals surface area contributed by atoms with Crippen molar-refractivity contribution in [3.63, 3.8) is 0 Å². The summed E-state index contributed by atoms with van der Waals surface area (Å²) in [4.78, 5) is 113. The number of nitriles is 1. The molecule has 0 bridgehead atoms. The van der Waals surface area contributed by atoms with Crippen molar-refractivity contribution in [2.75, 3.05) is 96.9 Å². The summed E-state index contributed by atoms with van der Waals surface area (Å²) in [5, 5.41) is 43.3. The van der Waals surface area contributed by atoms with E-state index >= 15 is 0 Å². The number of carbonyl (C=O) groups is 8. The molecule has 21 nitrogen and oxygen atoms in total. The van der Waals surface area contributed by atoms with Gasteiger partial charge >= 0.3 is 17.9 Å². The molecule has 0 aliphatic carbocycles. The number of aromatic nitrogens is 1. The van der Waals surface area contributed by atoms with E-state index in [0.29, 0.717) is 10.9 Å². The number of anilines is 1. The zero-order valence-electron chi connectivity index (χ0n) is 34.4. The number of nitrogens with zero attached hydrogens (tertiary/aromatic N) is 8. The van der Waals surface area contributed by atoms with Gasteiger partial charge in [0.05, 0.1) is 43.3 Å². The summed E-state index contributed by atoms with van der Waals surface area (Å²) in [5.74, 6) is -9.19. The van der Waals surface area contributed by atoms with Gasteiger partial charge in [0.15, 0.2) is 0 Å². The minimum atomic E-state index is -3.21. The Hall–Kier alpha value is -6.38. The van der Waals surface area contributed by atoms with Crippen LogP contribution in [0.4, 0.5) is 14.5 Å². The third kappa shape index (κ3) is 13.6. The van der Waals surface area contributed by atoms with Gasteiger partial charge in [0.2, 0.25) is 23.6 Å².